The number of H-pyrrole nitrogens is 1. The Kier molecular flexibility index (Phi) is 4.12. The predicted molar refractivity (Wildman–Crippen MR) is 70.6 cm³/mol. The van der Waals surface area contributed by atoms with E-state index in [2.05, 4.69) is 15.2 Å². The van der Waals surface area contributed by atoms with Crippen LogP contribution < -0.4 is 5.73 Å². The summed E-state index contributed by atoms with van der Waals surface area (Å²) in [7, 11) is 0. The van der Waals surface area contributed by atoms with E-state index in [-0.39, 0.29) is 5.82 Å². The quantitative estimate of drug-likeness (QED) is 0.625. The molecule has 1 aromatic heterocycles. The molecule has 2 rings (SSSR count). The number of carbonyl (C=O) groups is 1. The van der Waals surface area contributed by atoms with Gasteiger partial charge in [0.25, 0.3) is 5.82 Å². The number of aryl methyl sites for hydroxylation is 2. The third kappa shape index (κ3) is 3.54. The normalized spacial score (nSPS) is 10.4. The molecule has 0 aliphatic rings. The summed E-state index contributed by atoms with van der Waals surface area (Å²) < 4.78 is 4.82. The van der Waals surface area contributed by atoms with Crippen molar-refractivity contribution in [3.05, 3.63) is 41.5 Å². The van der Waals surface area contributed by atoms with Crippen LogP contribution in [0, 0.1) is 0 Å². The minimum absolute atomic E-state index is 0.0735. The number of nitrogens with two attached hydrogens (primary N) is 1. The van der Waals surface area contributed by atoms with Gasteiger partial charge in [0, 0.05) is 12.1 Å². The van der Waals surface area contributed by atoms with Gasteiger partial charge in [0.1, 0.15) is 5.82 Å². The summed E-state index contributed by atoms with van der Waals surface area (Å²) in [5.74, 6) is 0.226. The van der Waals surface area contributed by atoms with Crippen LogP contribution in [-0.2, 0) is 17.6 Å². The van der Waals surface area contributed by atoms with Crippen LogP contribution in [0.25, 0.3) is 0 Å². The molecule has 0 amide bonds. The maximum atomic E-state index is 11.4. The zero-order valence-corrected chi connectivity index (χ0v) is 10.7. The van der Waals surface area contributed by atoms with Crippen molar-refractivity contribution in [3.63, 3.8) is 0 Å². The topological polar surface area (TPSA) is 93.9 Å². The molecule has 0 fully saturated rings. The Morgan fingerprint density at radius 1 is 1.42 bits per heavy atom. The Morgan fingerprint density at radius 3 is 3.00 bits per heavy atom. The first-order valence-corrected chi connectivity index (χ1v) is 6.12. The summed E-state index contributed by atoms with van der Waals surface area (Å²) in [5.41, 5.74) is 7.57. The number of ether oxygens (including phenoxy) is 1. The van der Waals surface area contributed by atoms with Gasteiger partial charge in [-0.15, -0.1) is 5.10 Å². The maximum Gasteiger partial charge on any atom is 0.378 e. The van der Waals surface area contributed by atoms with Crippen molar-refractivity contribution in [1.29, 1.82) is 0 Å². The number of hydrogen-bond acceptors (Lipinski definition) is 5. The van der Waals surface area contributed by atoms with Gasteiger partial charge in [0.2, 0.25) is 0 Å². The summed E-state index contributed by atoms with van der Waals surface area (Å²) in [6, 6.07) is 7.67. The van der Waals surface area contributed by atoms with Crippen LogP contribution in [0.5, 0.6) is 0 Å². The van der Waals surface area contributed by atoms with Crippen LogP contribution in [0.1, 0.15) is 28.9 Å². The molecule has 6 nitrogen and oxygen atoms in total. The first kappa shape index (κ1) is 13.1. The van der Waals surface area contributed by atoms with Crippen LogP contribution in [0.15, 0.2) is 24.3 Å². The second kappa shape index (κ2) is 5.99. The van der Waals surface area contributed by atoms with Gasteiger partial charge in [-0.3, -0.25) is 5.10 Å². The van der Waals surface area contributed by atoms with Gasteiger partial charge in [-0.05, 0) is 31.0 Å². The molecule has 6 heteroatoms. The summed E-state index contributed by atoms with van der Waals surface area (Å²) >= 11 is 0. The van der Waals surface area contributed by atoms with Crippen molar-refractivity contribution in [1.82, 2.24) is 15.2 Å². The van der Waals surface area contributed by atoms with Gasteiger partial charge in [-0.1, -0.05) is 12.1 Å². The number of aromatic nitrogens is 3. The first-order chi connectivity index (χ1) is 9.19. The number of nitrogen functional groups attached to an aromatic ring is 1. The van der Waals surface area contributed by atoms with Crippen molar-refractivity contribution >= 4 is 11.7 Å². The largest absolute Gasteiger partial charge is 0.460 e. The molecule has 0 atom stereocenters. The van der Waals surface area contributed by atoms with Crippen molar-refractivity contribution in [2.45, 2.75) is 19.8 Å². The number of hydrogen-bond donors (Lipinski definition) is 2. The van der Waals surface area contributed by atoms with E-state index in [0.717, 1.165) is 17.7 Å². The molecule has 0 unspecified atom stereocenters. The van der Waals surface area contributed by atoms with Gasteiger partial charge in [-0.2, -0.15) is 0 Å². The van der Waals surface area contributed by atoms with Crippen molar-refractivity contribution in [2.24, 2.45) is 0 Å². The van der Waals surface area contributed by atoms with Crippen LogP contribution in [0.3, 0.4) is 0 Å². The van der Waals surface area contributed by atoms with Crippen molar-refractivity contribution in [2.75, 3.05) is 12.3 Å². The summed E-state index contributed by atoms with van der Waals surface area (Å²) in [6.07, 6.45) is 1.44. The molecule has 0 radical (unpaired) electrons. The van der Waals surface area contributed by atoms with Crippen LogP contribution in [0.4, 0.5) is 5.69 Å². The van der Waals surface area contributed by atoms with Crippen LogP contribution in [-0.4, -0.2) is 27.8 Å². The Balaban J connectivity index is 1.95. The number of benzene rings is 1. The summed E-state index contributed by atoms with van der Waals surface area (Å²) in [6.45, 7) is 2.05. The minimum atomic E-state index is -0.506. The van der Waals surface area contributed by atoms with Gasteiger partial charge in [-0.25, -0.2) is 9.78 Å². The molecule has 0 saturated carbocycles. The number of carbonyl (C=O) groups excluding carboxylic acids is 1. The molecule has 0 spiro atoms. The zero-order chi connectivity index (χ0) is 13.7. The number of anilines is 1. The monoisotopic (exact) mass is 260 g/mol. The lowest BCUT2D eigenvalue weighted by atomic mass is 10.1. The number of rotatable bonds is 5. The van der Waals surface area contributed by atoms with Crippen LogP contribution in [0.2, 0.25) is 0 Å². The highest BCUT2D eigenvalue weighted by Gasteiger charge is 2.13. The highest BCUT2D eigenvalue weighted by Crippen LogP contribution is 2.09. The average molecular weight is 260 g/mol. The third-order valence-corrected chi connectivity index (χ3v) is 2.59. The maximum absolute atomic E-state index is 11.4. The van der Waals surface area contributed by atoms with Crippen molar-refractivity contribution < 1.29 is 9.53 Å². The lowest BCUT2D eigenvalue weighted by Crippen LogP contribution is -2.06. The number of nitrogens with zero attached hydrogens (tertiary/aromatic N) is 2. The summed E-state index contributed by atoms with van der Waals surface area (Å²) in [4.78, 5) is 15.5. The van der Waals surface area contributed by atoms with Gasteiger partial charge in [0.15, 0.2) is 0 Å². The van der Waals surface area contributed by atoms with Crippen LogP contribution >= 0.6 is 0 Å². The molecular weight excluding hydrogens is 244 g/mol. The highest BCUT2D eigenvalue weighted by atomic mass is 16.5. The smallest absolute Gasteiger partial charge is 0.378 e. The van der Waals surface area contributed by atoms with E-state index in [0.29, 0.717) is 18.9 Å². The molecule has 0 aliphatic heterocycles. The molecule has 100 valence electrons. The van der Waals surface area contributed by atoms with E-state index in [1.807, 2.05) is 24.3 Å². The summed E-state index contributed by atoms with van der Waals surface area (Å²) in [5, 5.41) is 6.57. The predicted octanol–water partition coefficient (Wildman–Crippen LogP) is 1.35. The Labute approximate surface area is 111 Å². The molecule has 1 heterocycles. The Bertz CT molecular complexity index is 565. The van der Waals surface area contributed by atoms with E-state index in [4.69, 9.17) is 10.5 Å². The van der Waals surface area contributed by atoms with E-state index < -0.39 is 5.97 Å². The molecule has 0 bridgehead atoms. The minimum Gasteiger partial charge on any atom is -0.460 e. The zero-order valence-electron chi connectivity index (χ0n) is 10.7. The number of aromatic amines is 1. The fraction of sp³-hybridized carbons (Fsp3) is 0.308. The lowest BCUT2D eigenvalue weighted by molar-refractivity contribution is 0.0512. The second-order valence-corrected chi connectivity index (χ2v) is 4.07. The fourth-order valence-corrected chi connectivity index (χ4v) is 1.71. The standard InChI is InChI=1S/C13H16N4O2/c1-2-19-13(18)12-15-11(16-17-12)7-6-9-4-3-5-10(14)8-9/h3-5,8H,2,6-7,14H2,1H3,(H,15,16,17). The van der Waals surface area contributed by atoms with E-state index in [9.17, 15) is 4.79 Å². The van der Waals surface area contributed by atoms with Crippen molar-refractivity contribution in [3.8, 4) is 0 Å². The fourth-order valence-electron chi connectivity index (χ4n) is 1.71. The first-order valence-electron chi connectivity index (χ1n) is 6.12. The van der Waals surface area contributed by atoms with Gasteiger partial charge >= 0.3 is 5.97 Å². The molecular formula is C13H16N4O2. The van der Waals surface area contributed by atoms with E-state index in [1.165, 1.54) is 0 Å². The molecule has 19 heavy (non-hydrogen) atoms. The third-order valence-electron chi connectivity index (χ3n) is 2.59. The molecule has 0 saturated heterocycles. The molecule has 1 aromatic carbocycles. The average Bonchev–Trinajstić information content (AvgIpc) is 2.86. The Morgan fingerprint density at radius 2 is 2.26 bits per heavy atom. The number of esters is 1. The Hall–Kier alpha value is -2.37. The number of nitrogens with one attached hydrogen (secondary N) is 1. The lowest BCUT2D eigenvalue weighted by Gasteiger charge is -2.00. The molecule has 0 aliphatic carbocycles. The second-order valence-electron chi connectivity index (χ2n) is 4.07. The van der Waals surface area contributed by atoms with E-state index in [1.54, 1.807) is 6.92 Å². The van der Waals surface area contributed by atoms with Gasteiger partial charge < -0.3 is 10.5 Å². The van der Waals surface area contributed by atoms with E-state index >= 15 is 0 Å². The molecule has 2 aromatic rings. The van der Waals surface area contributed by atoms with Gasteiger partial charge in [0.05, 0.1) is 6.61 Å². The molecule has 3 N–H and O–H groups in total. The SMILES string of the molecule is CCOC(=O)c1n[nH]c(CCc2cccc(N)c2)n1. The highest BCUT2D eigenvalue weighted by molar-refractivity contribution is 5.84.